The molecule has 0 aliphatic rings. The van der Waals surface area contributed by atoms with E-state index < -0.39 is 0 Å². The number of methoxy groups -OCH3 is 1. The number of ether oxygens (including phenoxy) is 1. The third kappa shape index (κ3) is 3.95. The molecule has 0 fully saturated rings. The number of rotatable bonds is 7. The van der Waals surface area contributed by atoms with Crippen LogP contribution in [-0.4, -0.2) is 28.1 Å². The summed E-state index contributed by atoms with van der Waals surface area (Å²) >= 11 is 0. The highest BCUT2D eigenvalue weighted by atomic mass is 16.5. The van der Waals surface area contributed by atoms with Crippen LogP contribution in [0.2, 0.25) is 0 Å². The summed E-state index contributed by atoms with van der Waals surface area (Å²) in [6, 6.07) is 3.49. The molecule has 1 N–H and O–H groups in total. The highest BCUT2D eigenvalue weighted by molar-refractivity contribution is 5.42. The molecule has 114 valence electrons. The number of pyridine rings is 1. The van der Waals surface area contributed by atoms with Gasteiger partial charge in [0, 0.05) is 44.2 Å². The second-order valence-corrected chi connectivity index (χ2v) is 4.94. The van der Waals surface area contributed by atoms with Gasteiger partial charge in [0.25, 0.3) is 5.56 Å². The average molecular weight is 290 g/mol. The van der Waals surface area contributed by atoms with E-state index in [0.717, 1.165) is 17.8 Å². The van der Waals surface area contributed by atoms with Crippen LogP contribution < -0.4 is 10.9 Å². The van der Waals surface area contributed by atoms with Gasteiger partial charge in [-0.2, -0.15) is 5.10 Å². The zero-order valence-corrected chi connectivity index (χ0v) is 12.7. The predicted octanol–water partition coefficient (Wildman–Crippen LogP) is 1.88. The first-order valence-electron chi connectivity index (χ1n) is 7.12. The Hall–Kier alpha value is -2.08. The molecule has 2 rings (SSSR count). The Balaban J connectivity index is 2.09. The lowest BCUT2D eigenvalue weighted by atomic mass is 10.2. The van der Waals surface area contributed by atoms with Crippen molar-refractivity contribution in [2.75, 3.05) is 19.0 Å². The summed E-state index contributed by atoms with van der Waals surface area (Å²) in [5.74, 6) is 0. The first kappa shape index (κ1) is 15.3. The van der Waals surface area contributed by atoms with Crippen LogP contribution in [0.1, 0.15) is 25.5 Å². The summed E-state index contributed by atoms with van der Waals surface area (Å²) in [6.45, 7) is 6.05. The molecular formula is C15H22N4O2. The van der Waals surface area contributed by atoms with Crippen molar-refractivity contribution in [1.29, 1.82) is 0 Å². The minimum atomic E-state index is -0.0240. The van der Waals surface area contributed by atoms with Crippen molar-refractivity contribution >= 4 is 5.69 Å². The fraction of sp³-hybridized carbons (Fsp3) is 0.467. The molecule has 0 saturated heterocycles. The zero-order valence-electron chi connectivity index (χ0n) is 12.7. The maximum absolute atomic E-state index is 11.7. The average Bonchev–Trinajstić information content (AvgIpc) is 2.97. The lowest BCUT2D eigenvalue weighted by molar-refractivity contribution is 0.186. The van der Waals surface area contributed by atoms with Crippen LogP contribution in [0.4, 0.5) is 5.69 Å². The van der Waals surface area contributed by atoms with Crippen LogP contribution in [0.25, 0.3) is 0 Å². The van der Waals surface area contributed by atoms with Crippen molar-refractivity contribution in [3.05, 3.63) is 46.6 Å². The number of anilines is 1. The molecule has 1 unspecified atom stereocenters. The van der Waals surface area contributed by atoms with Gasteiger partial charge in [-0.3, -0.25) is 9.48 Å². The summed E-state index contributed by atoms with van der Waals surface area (Å²) in [5.41, 5.74) is 2.00. The molecule has 0 aromatic carbocycles. The first-order chi connectivity index (χ1) is 10.1. The van der Waals surface area contributed by atoms with Crippen molar-refractivity contribution < 1.29 is 4.74 Å². The van der Waals surface area contributed by atoms with Crippen molar-refractivity contribution in [2.24, 2.45) is 0 Å². The monoisotopic (exact) mass is 290 g/mol. The van der Waals surface area contributed by atoms with E-state index in [-0.39, 0.29) is 11.6 Å². The van der Waals surface area contributed by atoms with E-state index in [4.69, 9.17) is 4.74 Å². The maximum Gasteiger partial charge on any atom is 0.250 e. The SMILES string of the molecule is CCn1cc(C(C)Nc2ccc(=O)n(CCOC)c2)cn1. The lowest BCUT2D eigenvalue weighted by Crippen LogP contribution is -2.21. The summed E-state index contributed by atoms with van der Waals surface area (Å²) < 4.78 is 8.56. The molecule has 0 amide bonds. The van der Waals surface area contributed by atoms with Crippen LogP contribution in [0.3, 0.4) is 0 Å². The van der Waals surface area contributed by atoms with Crippen molar-refractivity contribution in [1.82, 2.24) is 14.3 Å². The van der Waals surface area contributed by atoms with E-state index in [1.807, 2.05) is 23.3 Å². The number of nitrogens with zero attached hydrogens (tertiary/aromatic N) is 3. The molecule has 0 aliphatic heterocycles. The second kappa shape index (κ2) is 7.08. The molecule has 21 heavy (non-hydrogen) atoms. The van der Waals surface area contributed by atoms with Gasteiger partial charge in [-0.25, -0.2) is 0 Å². The van der Waals surface area contributed by atoms with Crippen LogP contribution in [0, 0.1) is 0 Å². The molecule has 0 spiro atoms. The Bertz CT molecular complexity index is 633. The molecule has 2 heterocycles. The van der Waals surface area contributed by atoms with E-state index in [1.54, 1.807) is 23.8 Å². The van der Waals surface area contributed by atoms with Crippen LogP contribution >= 0.6 is 0 Å². The number of aryl methyl sites for hydroxylation is 1. The Kier molecular flexibility index (Phi) is 5.16. The first-order valence-corrected chi connectivity index (χ1v) is 7.12. The Morgan fingerprint density at radius 1 is 1.38 bits per heavy atom. The second-order valence-electron chi connectivity index (χ2n) is 4.94. The van der Waals surface area contributed by atoms with Crippen molar-refractivity contribution in [3.63, 3.8) is 0 Å². The highest BCUT2D eigenvalue weighted by Gasteiger charge is 2.08. The van der Waals surface area contributed by atoms with E-state index in [0.29, 0.717) is 13.2 Å². The van der Waals surface area contributed by atoms with E-state index in [9.17, 15) is 4.79 Å². The van der Waals surface area contributed by atoms with Crippen LogP contribution in [0.5, 0.6) is 0 Å². The summed E-state index contributed by atoms with van der Waals surface area (Å²) in [5, 5.41) is 7.66. The van der Waals surface area contributed by atoms with Gasteiger partial charge >= 0.3 is 0 Å². The number of nitrogens with one attached hydrogen (secondary N) is 1. The van der Waals surface area contributed by atoms with Gasteiger partial charge in [-0.15, -0.1) is 0 Å². The molecule has 6 heteroatoms. The normalized spacial score (nSPS) is 12.3. The molecule has 0 aliphatic carbocycles. The Labute approximate surface area is 124 Å². The van der Waals surface area contributed by atoms with Gasteiger partial charge in [0.05, 0.1) is 24.5 Å². The van der Waals surface area contributed by atoms with Crippen LogP contribution in [-0.2, 0) is 17.8 Å². The molecule has 0 saturated carbocycles. The summed E-state index contributed by atoms with van der Waals surface area (Å²) in [4.78, 5) is 11.7. The van der Waals surface area contributed by atoms with Gasteiger partial charge < -0.3 is 14.6 Å². The Morgan fingerprint density at radius 2 is 2.19 bits per heavy atom. The molecule has 0 bridgehead atoms. The molecule has 6 nitrogen and oxygen atoms in total. The van der Waals surface area contributed by atoms with Crippen molar-refractivity contribution in [3.8, 4) is 0 Å². The number of hydrogen-bond acceptors (Lipinski definition) is 4. The molecule has 2 aromatic rings. The fourth-order valence-corrected chi connectivity index (χ4v) is 2.09. The zero-order chi connectivity index (χ0) is 15.2. The van der Waals surface area contributed by atoms with Crippen LogP contribution in [0.15, 0.2) is 35.5 Å². The van der Waals surface area contributed by atoms with E-state index >= 15 is 0 Å². The third-order valence-corrected chi connectivity index (χ3v) is 3.38. The standard InChI is InChI=1S/C15H22N4O2/c1-4-19-10-13(9-16-19)12(2)17-14-5-6-15(20)18(11-14)7-8-21-3/h5-6,9-12,17H,4,7-8H2,1-3H3. The van der Waals surface area contributed by atoms with E-state index in [1.165, 1.54) is 0 Å². The Morgan fingerprint density at radius 3 is 2.86 bits per heavy atom. The summed E-state index contributed by atoms with van der Waals surface area (Å²) in [7, 11) is 1.63. The van der Waals surface area contributed by atoms with Gasteiger partial charge in [0.2, 0.25) is 0 Å². The molecular weight excluding hydrogens is 268 g/mol. The lowest BCUT2D eigenvalue weighted by Gasteiger charge is -2.15. The minimum Gasteiger partial charge on any atom is -0.383 e. The molecule has 2 aromatic heterocycles. The van der Waals surface area contributed by atoms with Crippen molar-refractivity contribution in [2.45, 2.75) is 33.0 Å². The highest BCUT2D eigenvalue weighted by Crippen LogP contribution is 2.17. The smallest absolute Gasteiger partial charge is 0.250 e. The van der Waals surface area contributed by atoms with Gasteiger partial charge in [0.15, 0.2) is 0 Å². The quantitative estimate of drug-likeness (QED) is 0.846. The minimum absolute atomic E-state index is 0.0240. The number of aromatic nitrogens is 3. The third-order valence-electron chi connectivity index (χ3n) is 3.38. The molecule has 1 atom stereocenters. The van der Waals surface area contributed by atoms with Gasteiger partial charge in [0.1, 0.15) is 0 Å². The number of hydrogen-bond donors (Lipinski definition) is 1. The van der Waals surface area contributed by atoms with Gasteiger partial charge in [-0.1, -0.05) is 0 Å². The molecule has 0 radical (unpaired) electrons. The topological polar surface area (TPSA) is 61.1 Å². The maximum atomic E-state index is 11.7. The summed E-state index contributed by atoms with van der Waals surface area (Å²) in [6.07, 6.45) is 5.71. The van der Waals surface area contributed by atoms with E-state index in [2.05, 4.69) is 24.3 Å². The predicted molar refractivity (Wildman–Crippen MR) is 82.5 cm³/mol. The van der Waals surface area contributed by atoms with Gasteiger partial charge in [-0.05, 0) is 19.9 Å². The fourth-order valence-electron chi connectivity index (χ4n) is 2.09. The largest absolute Gasteiger partial charge is 0.383 e.